The van der Waals surface area contributed by atoms with Crippen LogP contribution in [-0.2, 0) is 14.8 Å². The Hall–Kier alpha value is -0.440. The number of piperidine rings is 1. The molecule has 2 saturated heterocycles. The quantitative estimate of drug-likeness (QED) is 0.754. The third kappa shape index (κ3) is 3.65. The van der Waals surface area contributed by atoms with Gasteiger partial charge in [-0.25, -0.2) is 8.42 Å². The monoisotopic (exact) mass is 420 g/mol. The van der Waals surface area contributed by atoms with E-state index >= 15 is 0 Å². The first-order valence-corrected chi connectivity index (χ1v) is 11.0. The molecule has 8 heteroatoms. The average molecular weight is 421 g/mol. The Morgan fingerprint density at radius 3 is 2.65 bits per heavy atom. The number of sulfonamides is 1. The summed E-state index contributed by atoms with van der Waals surface area (Å²) in [6.45, 7) is 4.57. The number of nitrogens with zero attached hydrogens (tertiary/aromatic N) is 2. The predicted molar refractivity (Wildman–Crippen MR) is 93.9 cm³/mol. The van der Waals surface area contributed by atoms with Crippen LogP contribution in [0.5, 0.6) is 0 Å². The highest BCUT2D eigenvalue weighted by Gasteiger charge is 2.36. The molecule has 2 aliphatic rings. The molecule has 0 aliphatic carbocycles. The van der Waals surface area contributed by atoms with Crippen LogP contribution in [0, 0.1) is 11.8 Å². The number of likely N-dealkylation sites (tertiary alicyclic amines) is 1. The molecule has 0 bridgehead atoms. The summed E-state index contributed by atoms with van der Waals surface area (Å²) in [5.41, 5.74) is 0. The average Bonchev–Trinajstić information content (AvgIpc) is 3.15. The van der Waals surface area contributed by atoms with Gasteiger partial charge in [-0.05, 0) is 53.2 Å². The normalized spacial score (nSPS) is 26.6. The lowest BCUT2D eigenvalue weighted by molar-refractivity contribution is -0.135. The highest BCUT2D eigenvalue weighted by molar-refractivity contribution is 9.11. The van der Waals surface area contributed by atoms with Crippen molar-refractivity contribution >= 4 is 43.2 Å². The van der Waals surface area contributed by atoms with E-state index in [1.165, 1.54) is 15.6 Å². The molecular formula is C15H21BrN2O3S2. The molecule has 3 rings (SSSR count). The van der Waals surface area contributed by atoms with Gasteiger partial charge < -0.3 is 4.90 Å². The van der Waals surface area contributed by atoms with Gasteiger partial charge in [-0.2, -0.15) is 4.31 Å². The van der Waals surface area contributed by atoms with Gasteiger partial charge in [0.15, 0.2) is 0 Å². The molecule has 1 aromatic rings. The second-order valence-corrected chi connectivity index (χ2v) is 11.1. The summed E-state index contributed by atoms with van der Waals surface area (Å²) in [6, 6.07) is 3.37. The van der Waals surface area contributed by atoms with Gasteiger partial charge in [-0.15, -0.1) is 11.3 Å². The summed E-state index contributed by atoms with van der Waals surface area (Å²) in [7, 11) is -3.49. The topological polar surface area (TPSA) is 57.7 Å². The second kappa shape index (κ2) is 6.82. The Morgan fingerprint density at radius 1 is 1.26 bits per heavy atom. The number of amides is 1. The lowest BCUT2D eigenvalue weighted by atomic mass is 9.98. The number of thiophene rings is 1. The zero-order valence-electron chi connectivity index (χ0n) is 13.1. The first kappa shape index (κ1) is 17.4. The van der Waals surface area contributed by atoms with E-state index in [0.29, 0.717) is 23.2 Å². The van der Waals surface area contributed by atoms with Crippen molar-refractivity contribution in [2.24, 2.45) is 11.8 Å². The van der Waals surface area contributed by atoms with Crippen molar-refractivity contribution in [3.05, 3.63) is 15.9 Å². The van der Waals surface area contributed by atoms with Crippen LogP contribution in [0.3, 0.4) is 0 Å². The van der Waals surface area contributed by atoms with Crippen molar-refractivity contribution in [3.63, 3.8) is 0 Å². The summed E-state index contributed by atoms with van der Waals surface area (Å²) >= 11 is 4.52. The van der Waals surface area contributed by atoms with Gasteiger partial charge in [-0.1, -0.05) is 6.92 Å². The molecule has 2 atom stereocenters. The molecule has 1 amide bonds. The Labute approximate surface area is 149 Å². The van der Waals surface area contributed by atoms with E-state index in [2.05, 4.69) is 22.9 Å². The van der Waals surface area contributed by atoms with E-state index in [1.807, 2.05) is 4.90 Å². The molecular weight excluding hydrogens is 400 g/mol. The van der Waals surface area contributed by atoms with Gasteiger partial charge in [0, 0.05) is 26.2 Å². The zero-order valence-corrected chi connectivity index (χ0v) is 16.3. The highest BCUT2D eigenvalue weighted by atomic mass is 79.9. The van der Waals surface area contributed by atoms with Crippen LogP contribution in [0.4, 0.5) is 0 Å². The predicted octanol–water partition coefficient (Wildman–Crippen LogP) is 2.78. The number of hydrogen-bond acceptors (Lipinski definition) is 4. The molecule has 23 heavy (non-hydrogen) atoms. The minimum Gasteiger partial charge on any atom is -0.342 e. The maximum atomic E-state index is 12.7. The van der Waals surface area contributed by atoms with Gasteiger partial charge in [0.05, 0.1) is 9.70 Å². The SMILES string of the molecule is CC1CCN(C(=O)C2CCCN(S(=O)(=O)c3ccc(Br)s3)C2)C1. The van der Waals surface area contributed by atoms with E-state index in [9.17, 15) is 13.2 Å². The summed E-state index contributed by atoms with van der Waals surface area (Å²) < 4.78 is 28.1. The number of hydrogen-bond donors (Lipinski definition) is 0. The number of halogens is 1. The van der Waals surface area contributed by atoms with E-state index in [1.54, 1.807) is 12.1 Å². The maximum absolute atomic E-state index is 12.7. The first-order valence-electron chi connectivity index (χ1n) is 7.92. The summed E-state index contributed by atoms with van der Waals surface area (Å²) in [4.78, 5) is 14.6. The number of carbonyl (C=O) groups is 1. The van der Waals surface area contributed by atoms with Crippen LogP contribution in [0.1, 0.15) is 26.2 Å². The lowest BCUT2D eigenvalue weighted by Crippen LogP contribution is -2.46. The van der Waals surface area contributed by atoms with E-state index < -0.39 is 10.0 Å². The second-order valence-electron chi connectivity index (χ2n) is 6.44. The Balaban J connectivity index is 1.72. The van der Waals surface area contributed by atoms with Gasteiger partial charge in [0.2, 0.25) is 5.91 Å². The van der Waals surface area contributed by atoms with Crippen LogP contribution in [0.25, 0.3) is 0 Å². The minimum atomic E-state index is -3.49. The molecule has 0 N–H and O–H groups in total. The molecule has 1 aromatic heterocycles. The fraction of sp³-hybridized carbons (Fsp3) is 0.667. The lowest BCUT2D eigenvalue weighted by Gasteiger charge is -2.33. The van der Waals surface area contributed by atoms with Crippen molar-refractivity contribution in [2.75, 3.05) is 26.2 Å². The summed E-state index contributed by atoms with van der Waals surface area (Å²) in [5, 5.41) is 0. The highest BCUT2D eigenvalue weighted by Crippen LogP contribution is 2.31. The summed E-state index contributed by atoms with van der Waals surface area (Å²) in [5.74, 6) is 0.472. The number of rotatable bonds is 3. The third-order valence-corrected chi connectivity index (χ3v) is 8.57. The molecule has 2 fully saturated rings. The fourth-order valence-electron chi connectivity index (χ4n) is 3.32. The molecule has 0 aromatic carbocycles. The van der Waals surface area contributed by atoms with Crippen molar-refractivity contribution < 1.29 is 13.2 Å². The van der Waals surface area contributed by atoms with E-state index in [-0.39, 0.29) is 11.8 Å². The maximum Gasteiger partial charge on any atom is 0.252 e. The summed E-state index contributed by atoms with van der Waals surface area (Å²) in [6.07, 6.45) is 2.57. The molecule has 0 radical (unpaired) electrons. The largest absolute Gasteiger partial charge is 0.342 e. The van der Waals surface area contributed by atoms with Gasteiger partial charge in [0.1, 0.15) is 4.21 Å². The van der Waals surface area contributed by atoms with Crippen LogP contribution < -0.4 is 0 Å². The smallest absolute Gasteiger partial charge is 0.252 e. The van der Waals surface area contributed by atoms with E-state index in [0.717, 1.165) is 36.1 Å². The number of carbonyl (C=O) groups excluding carboxylic acids is 1. The molecule has 2 aliphatic heterocycles. The Bertz CT molecular complexity index is 689. The standard InChI is InChI=1S/C15H21BrN2O3S2/c1-11-6-8-17(9-11)15(19)12-3-2-7-18(10-12)23(20,21)14-5-4-13(16)22-14/h4-5,11-12H,2-3,6-10H2,1H3. The third-order valence-electron chi connectivity index (χ3n) is 4.61. The molecule has 0 saturated carbocycles. The first-order chi connectivity index (χ1) is 10.9. The van der Waals surface area contributed by atoms with Gasteiger partial charge >= 0.3 is 0 Å². The van der Waals surface area contributed by atoms with Gasteiger partial charge in [-0.3, -0.25) is 4.79 Å². The van der Waals surface area contributed by atoms with Crippen molar-refractivity contribution in [3.8, 4) is 0 Å². The van der Waals surface area contributed by atoms with Crippen molar-refractivity contribution in [1.29, 1.82) is 0 Å². The zero-order chi connectivity index (χ0) is 16.6. The minimum absolute atomic E-state index is 0.126. The molecule has 128 valence electrons. The van der Waals surface area contributed by atoms with Crippen molar-refractivity contribution in [1.82, 2.24) is 9.21 Å². The Morgan fingerprint density at radius 2 is 2.04 bits per heavy atom. The van der Waals surface area contributed by atoms with Crippen molar-refractivity contribution in [2.45, 2.75) is 30.4 Å². The van der Waals surface area contributed by atoms with Crippen LogP contribution in [0.2, 0.25) is 0 Å². The Kier molecular flexibility index (Phi) is 5.15. The molecule has 2 unspecified atom stereocenters. The fourth-order valence-corrected chi connectivity index (χ4v) is 7.01. The molecule has 5 nitrogen and oxygen atoms in total. The van der Waals surface area contributed by atoms with Crippen LogP contribution in [0.15, 0.2) is 20.1 Å². The van der Waals surface area contributed by atoms with E-state index in [4.69, 9.17) is 0 Å². The molecule has 0 spiro atoms. The van der Waals surface area contributed by atoms with Crippen LogP contribution in [-0.4, -0.2) is 49.7 Å². The molecule has 3 heterocycles. The van der Waals surface area contributed by atoms with Gasteiger partial charge in [0.25, 0.3) is 10.0 Å². The van der Waals surface area contributed by atoms with Crippen LogP contribution >= 0.6 is 27.3 Å².